The van der Waals surface area contributed by atoms with Crippen molar-refractivity contribution in [1.29, 1.82) is 5.26 Å². The van der Waals surface area contributed by atoms with Gasteiger partial charge in [0.15, 0.2) is 5.15 Å². The molecule has 1 heterocycles. The molecule has 0 atom stereocenters. The maximum atomic E-state index is 11.4. The maximum Gasteiger partial charge on any atom is 0.298 e. The normalized spacial score (nSPS) is 9.31. The Morgan fingerprint density at radius 3 is 3.08 bits per heavy atom. The molecular weight excluding hydrogens is 194 g/mol. The van der Waals surface area contributed by atoms with Crippen LogP contribution in [0.25, 0.3) is 0 Å². The zero-order valence-corrected chi connectivity index (χ0v) is 7.58. The van der Waals surface area contributed by atoms with Gasteiger partial charge in [0.2, 0.25) is 5.75 Å². The summed E-state index contributed by atoms with van der Waals surface area (Å²) in [6.45, 7) is -0.0701. The van der Waals surface area contributed by atoms with Gasteiger partial charge in [-0.15, -0.1) is 0 Å². The van der Waals surface area contributed by atoms with Crippen LogP contribution in [0.4, 0.5) is 0 Å². The molecule has 1 aromatic rings. The van der Waals surface area contributed by atoms with E-state index in [1.54, 1.807) is 0 Å². The Labute approximate surface area is 79.1 Å². The molecule has 13 heavy (non-hydrogen) atoms. The molecule has 0 aliphatic heterocycles. The molecule has 0 aliphatic rings. The summed E-state index contributed by atoms with van der Waals surface area (Å²) in [6.07, 6.45) is 1.20. The predicted molar refractivity (Wildman–Crippen MR) is 45.7 cm³/mol. The molecule has 68 valence electrons. The predicted octanol–water partition coefficient (Wildman–Crippen LogP) is 0.429. The smallest absolute Gasteiger partial charge is 0.298 e. The lowest BCUT2D eigenvalue weighted by molar-refractivity contribution is 0.401. The first kappa shape index (κ1) is 9.55. The van der Waals surface area contributed by atoms with Gasteiger partial charge >= 0.3 is 0 Å². The number of nitriles is 1. The maximum absolute atomic E-state index is 11.4. The Morgan fingerprint density at radius 2 is 2.54 bits per heavy atom. The lowest BCUT2D eigenvalue weighted by atomic mass is 10.5. The molecule has 0 amide bonds. The van der Waals surface area contributed by atoms with Crippen LogP contribution >= 0.6 is 11.6 Å². The van der Waals surface area contributed by atoms with E-state index in [0.717, 1.165) is 4.57 Å². The fraction of sp³-hybridized carbons (Fsp3) is 0.286. The first-order valence-corrected chi connectivity index (χ1v) is 3.74. The quantitative estimate of drug-likeness (QED) is 0.648. The molecule has 1 rings (SSSR count). The summed E-state index contributed by atoms with van der Waals surface area (Å²) >= 11 is 5.57. The third-order valence-corrected chi connectivity index (χ3v) is 1.67. The minimum atomic E-state index is -0.455. The number of nitrogens with zero attached hydrogens (tertiary/aromatic N) is 3. The van der Waals surface area contributed by atoms with Crippen molar-refractivity contribution in [2.24, 2.45) is 0 Å². The topological polar surface area (TPSA) is 67.9 Å². The van der Waals surface area contributed by atoms with Gasteiger partial charge in [0.1, 0.15) is 12.9 Å². The number of halogens is 1. The average molecular weight is 200 g/mol. The SMILES string of the molecule is COc1c(Cl)ncn(CC#N)c1=O. The summed E-state index contributed by atoms with van der Waals surface area (Å²) < 4.78 is 5.84. The molecule has 0 fully saturated rings. The number of methoxy groups -OCH3 is 1. The Bertz CT molecular complexity index is 407. The molecule has 0 saturated heterocycles. The highest BCUT2D eigenvalue weighted by Crippen LogP contribution is 2.14. The average Bonchev–Trinajstić information content (AvgIpc) is 2.11. The Balaban J connectivity index is 3.30. The Kier molecular flexibility index (Phi) is 2.88. The van der Waals surface area contributed by atoms with Gasteiger partial charge in [0.25, 0.3) is 5.56 Å². The van der Waals surface area contributed by atoms with E-state index in [0.29, 0.717) is 0 Å². The highest BCUT2D eigenvalue weighted by Gasteiger charge is 2.09. The van der Waals surface area contributed by atoms with Gasteiger partial charge in [0, 0.05) is 0 Å². The second-order valence-electron chi connectivity index (χ2n) is 2.16. The van der Waals surface area contributed by atoms with Gasteiger partial charge in [-0.1, -0.05) is 11.6 Å². The molecule has 0 radical (unpaired) electrons. The molecule has 0 saturated carbocycles. The second-order valence-corrected chi connectivity index (χ2v) is 2.52. The van der Waals surface area contributed by atoms with Crippen molar-refractivity contribution in [1.82, 2.24) is 9.55 Å². The van der Waals surface area contributed by atoms with Crippen molar-refractivity contribution in [3.63, 3.8) is 0 Å². The van der Waals surface area contributed by atoms with E-state index in [1.165, 1.54) is 13.4 Å². The van der Waals surface area contributed by atoms with Crippen LogP contribution in [0.15, 0.2) is 11.1 Å². The molecule has 1 aromatic heterocycles. The van der Waals surface area contributed by atoms with Crippen molar-refractivity contribution in [3.05, 3.63) is 21.8 Å². The number of aromatic nitrogens is 2. The van der Waals surface area contributed by atoms with Gasteiger partial charge in [-0.05, 0) is 0 Å². The summed E-state index contributed by atoms with van der Waals surface area (Å²) in [5, 5.41) is 8.37. The van der Waals surface area contributed by atoms with Crippen LogP contribution in [0.3, 0.4) is 0 Å². The lowest BCUT2D eigenvalue weighted by Gasteiger charge is -2.03. The van der Waals surface area contributed by atoms with Crippen molar-refractivity contribution < 1.29 is 4.74 Å². The zero-order chi connectivity index (χ0) is 9.84. The molecule has 6 heteroatoms. The summed E-state index contributed by atoms with van der Waals surface area (Å²) in [5.74, 6) is -0.0422. The van der Waals surface area contributed by atoms with Gasteiger partial charge in [-0.25, -0.2) is 4.98 Å². The van der Waals surface area contributed by atoms with Crippen LogP contribution in [0.2, 0.25) is 5.15 Å². The number of hydrogen-bond donors (Lipinski definition) is 0. The fourth-order valence-corrected chi connectivity index (χ4v) is 1.01. The molecule has 0 unspecified atom stereocenters. The summed E-state index contributed by atoms with van der Waals surface area (Å²) in [7, 11) is 1.32. The van der Waals surface area contributed by atoms with Crippen molar-refractivity contribution in [3.8, 4) is 11.8 Å². The summed E-state index contributed by atoms with van der Waals surface area (Å²) in [5.41, 5.74) is -0.455. The Morgan fingerprint density at radius 1 is 1.85 bits per heavy atom. The summed E-state index contributed by atoms with van der Waals surface area (Å²) in [4.78, 5) is 15.1. The summed E-state index contributed by atoms with van der Waals surface area (Å²) in [6, 6.07) is 1.82. The first-order valence-electron chi connectivity index (χ1n) is 3.36. The van der Waals surface area contributed by atoms with Crippen LogP contribution in [-0.2, 0) is 6.54 Å². The van der Waals surface area contributed by atoms with E-state index in [4.69, 9.17) is 21.6 Å². The van der Waals surface area contributed by atoms with E-state index in [-0.39, 0.29) is 17.4 Å². The molecule has 0 aliphatic carbocycles. The van der Waals surface area contributed by atoms with Crippen LogP contribution < -0.4 is 10.3 Å². The van der Waals surface area contributed by atoms with E-state index in [2.05, 4.69) is 4.98 Å². The molecule has 0 aromatic carbocycles. The zero-order valence-electron chi connectivity index (χ0n) is 6.82. The molecule has 0 spiro atoms. The van der Waals surface area contributed by atoms with Gasteiger partial charge in [-0.2, -0.15) is 5.26 Å². The molecule has 5 nitrogen and oxygen atoms in total. The highest BCUT2D eigenvalue weighted by molar-refractivity contribution is 6.30. The lowest BCUT2D eigenvalue weighted by Crippen LogP contribution is -2.21. The fourth-order valence-electron chi connectivity index (χ4n) is 0.810. The minimum Gasteiger partial charge on any atom is -0.489 e. The van der Waals surface area contributed by atoms with Gasteiger partial charge in [0.05, 0.1) is 13.2 Å². The number of rotatable bonds is 2. The van der Waals surface area contributed by atoms with Crippen molar-refractivity contribution in [2.75, 3.05) is 7.11 Å². The Hall–Kier alpha value is -1.54. The van der Waals surface area contributed by atoms with Crippen LogP contribution in [0.1, 0.15) is 0 Å². The minimum absolute atomic E-state index is 0.00156. The van der Waals surface area contributed by atoms with Crippen LogP contribution in [-0.4, -0.2) is 16.7 Å². The van der Waals surface area contributed by atoms with E-state index in [1.807, 2.05) is 6.07 Å². The third-order valence-electron chi connectivity index (χ3n) is 1.40. The third kappa shape index (κ3) is 1.79. The van der Waals surface area contributed by atoms with Crippen molar-refractivity contribution >= 4 is 11.6 Å². The van der Waals surface area contributed by atoms with Gasteiger partial charge in [-0.3, -0.25) is 9.36 Å². The van der Waals surface area contributed by atoms with Crippen LogP contribution in [0.5, 0.6) is 5.75 Å². The molecular formula is C7H6ClN3O2. The largest absolute Gasteiger partial charge is 0.489 e. The van der Waals surface area contributed by atoms with E-state index in [9.17, 15) is 4.79 Å². The van der Waals surface area contributed by atoms with Gasteiger partial charge < -0.3 is 4.74 Å². The first-order chi connectivity index (χ1) is 6.20. The van der Waals surface area contributed by atoms with Crippen molar-refractivity contribution in [2.45, 2.75) is 6.54 Å². The molecule has 0 N–H and O–H groups in total. The van der Waals surface area contributed by atoms with E-state index >= 15 is 0 Å². The van der Waals surface area contributed by atoms with E-state index < -0.39 is 5.56 Å². The monoisotopic (exact) mass is 199 g/mol. The second kappa shape index (κ2) is 3.92. The highest BCUT2D eigenvalue weighted by atomic mass is 35.5. The van der Waals surface area contributed by atoms with Crippen LogP contribution in [0, 0.1) is 11.3 Å². The standard InChI is InChI=1S/C7H6ClN3O2/c1-13-5-6(8)10-4-11(3-2-9)7(5)12/h4H,3H2,1H3. The molecule has 0 bridgehead atoms. The number of ether oxygens (including phenoxy) is 1. The number of hydrogen-bond acceptors (Lipinski definition) is 4.